The summed E-state index contributed by atoms with van der Waals surface area (Å²) in [5.74, 6) is 0.277. The molecule has 0 amide bonds. The zero-order valence-electron chi connectivity index (χ0n) is 27.5. The lowest BCUT2D eigenvalue weighted by atomic mass is 10.0. The van der Waals surface area contributed by atoms with Gasteiger partial charge in [-0.25, -0.2) is 19.3 Å². The van der Waals surface area contributed by atoms with E-state index in [2.05, 4.69) is 21.9 Å². The number of hydrogen-bond acceptors (Lipinski definition) is 9. The van der Waals surface area contributed by atoms with Crippen molar-refractivity contribution in [3.05, 3.63) is 12.7 Å². The molecule has 2 heterocycles. The van der Waals surface area contributed by atoms with Gasteiger partial charge < -0.3 is 24.5 Å². The molecular formula is C31H59N5O6P2. The molecule has 3 atom stereocenters. The van der Waals surface area contributed by atoms with Crippen LogP contribution in [0.2, 0.25) is 0 Å². The number of imidazole rings is 1. The summed E-state index contributed by atoms with van der Waals surface area (Å²) >= 11 is 0. The normalized spacial score (nSPS) is 15.4. The van der Waals surface area contributed by atoms with Gasteiger partial charge in [0.2, 0.25) is 0 Å². The highest BCUT2D eigenvalue weighted by molar-refractivity contribution is 7.66. The van der Waals surface area contributed by atoms with E-state index in [9.17, 15) is 14.0 Å². The van der Waals surface area contributed by atoms with Crippen LogP contribution in [0.3, 0.4) is 0 Å². The van der Waals surface area contributed by atoms with Crippen LogP contribution in [0.5, 0.6) is 0 Å². The van der Waals surface area contributed by atoms with Crippen molar-refractivity contribution in [1.82, 2.24) is 19.5 Å². The molecule has 0 aliphatic heterocycles. The summed E-state index contributed by atoms with van der Waals surface area (Å²) in [6.45, 7) is 6.56. The Morgan fingerprint density at radius 2 is 1.36 bits per heavy atom. The Morgan fingerprint density at radius 3 is 1.93 bits per heavy atom. The molecule has 2 rings (SSSR count). The number of unbranched alkanes of at least 4 members (excludes halogenated alkanes) is 16. The first-order valence-electron chi connectivity index (χ1n) is 17.0. The Balaban J connectivity index is 1.65. The van der Waals surface area contributed by atoms with Crippen molar-refractivity contribution >= 4 is 32.2 Å². The number of nitrogens with zero attached hydrogens (tertiary/aromatic N) is 4. The third-order valence-electron chi connectivity index (χ3n) is 7.73. The zero-order valence-corrected chi connectivity index (χ0v) is 29.3. The maximum absolute atomic E-state index is 13.5. The first-order chi connectivity index (χ1) is 21.2. The lowest BCUT2D eigenvalue weighted by Crippen LogP contribution is -2.17. The number of hydrogen-bond donors (Lipinski definition) is 2. The largest absolute Gasteiger partial charge is 0.382 e. The van der Waals surface area contributed by atoms with E-state index in [-0.39, 0.29) is 18.6 Å². The molecule has 0 aromatic carbocycles. The molecule has 13 heteroatoms. The Morgan fingerprint density at radius 1 is 0.818 bits per heavy atom. The molecule has 0 aliphatic carbocycles. The van der Waals surface area contributed by atoms with Crippen molar-refractivity contribution in [2.45, 2.75) is 149 Å². The van der Waals surface area contributed by atoms with Gasteiger partial charge in [-0.05, 0) is 19.8 Å². The van der Waals surface area contributed by atoms with E-state index < -0.39 is 27.6 Å². The van der Waals surface area contributed by atoms with Gasteiger partial charge in [0.1, 0.15) is 18.2 Å². The fourth-order valence-electron chi connectivity index (χ4n) is 5.13. The first-order valence-corrected chi connectivity index (χ1v) is 20.5. The molecule has 2 aromatic rings. The van der Waals surface area contributed by atoms with Crippen LogP contribution < -0.4 is 5.73 Å². The average molecular weight is 660 g/mol. The molecule has 0 saturated carbocycles. The van der Waals surface area contributed by atoms with Gasteiger partial charge in [-0.1, -0.05) is 117 Å². The predicted molar refractivity (Wildman–Crippen MR) is 179 cm³/mol. The lowest BCUT2D eigenvalue weighted by Gasteiger charge is -2.23. The fourth-order valence-corrected chi connectivity index (χ4v) is 8.98. The molecule has 0 aliphatic rings. The summed E-state index contributed by atoms with van der Waals surface area (Å²) in [7, 11) is -8.09. The highest BCUT2D eigenvalue weighted by atomic mass is 31.3. The number of fused-ring (bicyclic) bond motifs is 1. The molecule has 2 unspecified atom stereocenters. The molecule has 0 saturated heterocycles. The summed E-state index contributed by atoms with van der Waals surface area (Å²) in [6.07, 6.45) is 23.3. The van der Waals surface area contributed by atoms with Gasteiger partial charge >= 0.3 is 15.2 Å². The van der Waals surface area contributed by atoms with Crippen LogP contribution in [0.1, 0.15) is 136 Å². The Kier molecular flexibility index (Phi) is 19.6. The van der Waals surface area contributed by atoms with E-state index in [0.717, 1.165) is 25.7 Å². The molecule has 11 nitrogen and oxygen atoms in total. The monoisotopic (exact) mass is 659 g/mol. The van der Waals surface area contributed by atoms with Crippen LogP contribution in [0.25, 0.3) is 11.2 Å². The molecule has 254 valence electrons. The van der Waals surface area contributed by atoms with Crippen LogP contribution in [-0.2, 0) is 29.2 Å². The first kappa shape index (κ1) is 38.8. The van der Waals surface area contributed by atoms with E-state index in [1.165, 1.54) is 83.4 Å². The highest BCUT2D eigenvalue weighted by Crippen LogP contribution is 2.62. The molecule has 2 aromatic heterocycles. The summed E-state index contributed by atoms with van der Waals surface area (Å²) in [5, 5.41) is 0. The average Bonchev–Trinajstić information content (AvgIpc) is 3.39. The van der Waals surface area contributed by atoms with Crippen LogP contribution in [0.15, 0.2) is 12.7 Å². The molecule has 0 bridgehead atoms. The second-order valence-corrected chi connectivity index (χ2v) is 16.1. The maximum atomic E-state index is 13.5. The van der Waals surface area contributed by atoms with Crippen molar-refractivity contribution in [2.24, 2.45) is 0 Å². The van der Waals surface area contributed by atoms with Gasteiger partial charge in [0.15, 0.2) is 11.5 Å². The van der Waals surface area contributed by atoms with Crippen molar-refractivity contribution in [1.29, 1.82) is 0 Å². The molecule has 0 radical (unpaired) electrons. The second-order valence-electron chi connectivity index (χ2n) is 12.0. The van der Waals surface area contributed by atoms with Gasteiger partial charge in [-0.3, -0.25) is 9.13 Å². The number of anilines is 1. The quantitative estimate of drug-likeness (QED) is 0.0668. The maximum Gasteiger partial charge on any atom is 0.360 e. The number of ether oxygens (including phenoxy) is 1. The van der Waals surface area contributed by atoms with Gasteiger partial charge in [0.25, 0.3) is 0 Å². The highest BCUT2D eigenvalue weighted by Gasteiger charge is 2.35. The van der Waals surface area contributed by atoms with E-state index in [1.807, 2.05) is 6.92 Å². The van der Waals surface area contributed by atoms with E-state index >= 15 is 0 Å². The van der Waals surface area contributed by atoms with Crippen molar-refractivity contribution < 1.29 is 27.6 Å². The predicted octanol–water partition coefficient (Wildman–Crippen LogP) is 9.24. The smallest absolute Gasteiger partial charge is 0.360 e. The number of aromatic nitrogens is 4. The van der Waals surface area contributed by atoms with Crippen LogP contribution in [-0.4, -0.2) is 49.6 Å². The molecule has 3 N–H and O–H groups in total. The standard InChI is InChI=1S/C31H59N5O6P2/c1-4-6-8-9-10-11-12-13-14-15-16-17-18-19-20-21-23-44(39,41-22-7-5-2)42-43(37,38)27-40-28(3)24-36-26-35-29-30(32)33-25-34-31(29)36/h25-26,28H,4-24,27H2,1-3H3,(H,37,38)(H2,32,33,34)/t28-,44?/m1/s1. The van der Waals surface area contributed by atoms with Gasteiger partial charge in [0, 0.05) is 0 Å². The van der Waals surface area contributed by atoms with Crippen molar-refractivity contribution in [3.8, 4) is 0 Å². The minimum Gasteiger partial charge on any atom is -0.382 e. The van der Waals surface area contributed by atoms with E-state index in [0.29, 0.717) is 30.6 Å². The number of rotatable bonds is 28. The summed E-state index contributed by atoms with van der Waals surface area (Å²) < 4.78 is 44.6. The minimum absolute atomic E-state index is 0.122. The third-order valence-corrected chi connectivity index (χ3v) is 11.7. The third kappa shape index (κ3) is 16.3. The Bertz CT molecular complexity index is 1130. The number of nitrogens with two attached hydrogens (primary N) is 1. The van der Waals surface area contributed by atoms with Crippen LogP contribution in [0.4, 0.5) is 5.82 Å². The number of nitrogen functional groups attached to an aromatic ring is 1. The van der Waals surface area contributed by atoms with E-state index in [4.69, 9.17) is 19.3 Å². The Hall–Kier alpha value is -1.35. The summed E-state index contributed by atoms with van der Waals surface area (Å²) in [5.41, 5.74) is 6.87. The lowest BCUT2D eigenvalue weighted by molar-refractivity contribution is 0.0763. The van der Waals surface area contributed by atoms with Crippen molar-refractivity contribution in [2.75, 3.05) is 24.9 Å². The van der Waals surface area contributed by atoms with Crippen LogP contribution in [0, 0.1) is 0 Å². The van der Waals surface area contributed by atoms with Gasteiger partial charge in [-0.2, -0.15) is 0 Å². The zero-order chi connectivity index (χ0) is 32.1. The Labute approximate surface area is 265 Å². The molecule has 0 spiro atoms. The van der Waals surface area contributed by atoms with Gasteiger partial charge in [0.05, 0.1) is 31.7 Å². The van der Waals surface area contributed by atoms with E-state index in [1.54, 1.807) is 17.8 Å². The second kappa shape index (κ2) is 22.2. The SMILES string of the molecule is CCCCCCCCCCCCCCCCCCP(=O)(OCCCC)OP(=O)(O)CO[C@H](C)Cn1cnc2c(N)ncnc21. The summed E-state index contributed by atoms with van der Waals surface area (Å²) in [4.78, 5) is 22.9. The topological polar surface area (TPSA) is 152 Å². The van der Waals surface area contributed by atoms with Crippen molar-refractivity contribution in [3.63, 3.8) is 0 Å². The molecular weight excluding hydrogens is 600 g/mol. The minimum atomic E-state index is -4.33. The van der Waals surface area contributed by atoms with Crippen LogP contribution >= 0.6 is 15.2 Å². The fraction of sp³-hybridized carbons (Fsp3) is 0.839. The van der Waals surface area contributed by atoms with Gasteiger partial charge in [-0.15, -0.1) is 0 Å². The summed E-state index contributed by atoms with van der Waals surface area (Å²) in [6, 6.07) is 0. The molecule has 44 heavy (non-hydrogen) atoms. The molecule has 0 fully saturated rings.